The van der Waals surface area contributed by atoms with Crippen LogP contribution < -0.4 is 19.5 Å². The fourth-order valence-electron chi connectivity index (χ4n) is 2.83. The van der Waals surface area contributed by atoms with Gasteiger partial charge in [-0.05, 0) is 56.7 Å². The lowest BCUT2D eigenvalue weighted by Gasteiger charge is -2.21. The fourth-order valence-corrected chi connectivity index (χ4v) is 5.55. The van der Waals surface area contributed by atoms with Crippen molar-refractivity contribution in [1.82, 2.24) is 9.44 Å². The Morgan fingerprint density at radius 1 is 1.06 bits per heavy atom. The van der Waals surface area contributed by atoms with Gasteiger partial charge in [0.05, 0.1) is 12.9 Å². The van der Waals surface area contributed by atoms with Crippen LogP contribution in [-0.2, 0) is 25.8 Å². The molecular formula is C22H29N3O6S2. The molecular weight excluding hydrogens is 466 g/mol. The number of anilines is 1. The molecule has 2 rings (SSSR count). The van der Waals surface area contributed by atoms with Gasteiger partial charge in [-0.2, -0.15) is 0 Å². The number of carbonyl (C=O) groups is 1. The fraction of sp³-hybridized carbons (Fsp3) is 0.318. The van der Waals surface area contributed by atoms with Gasteiger partial charge in [0, 0.05) is 23.3 Å². The van der Waals surface area contributed by atoms with Crippen molar-refractivity contribution < 1.29 is 26.4 Å². The van der Waals surface area contributed by atoms with E-state index >= 15 is 0 Å². The molecule has 0 aliphatic rings. The highest BCUT2D eigenvalue weighted by molar-refractivity contribution is 7.89. The standard InChI is InChI=1S/C22H29N3O6S2/c1-6-13-23-32(27,28)15-16-7-10-18(11-8-16)24-21(26)17-9-12-19(31-5)20(14-17)33(29,30)25-22(2,3)4/h6-12,14,23,25H,1,13,15H2,2-5H3,(H,24,26). The van der Waals surface area contributed by atoms with Crippen molar-refractivity contribution >= 4 is 31.6 Å². The molecule has 180 valence electrons. The van der Waals surface area contributed by atoms with Crippen molar-refractivity contribution in [2.45, 2.75) is 37.0 Å². The number of rotatable bonds is 10. The number of nitrogens with one attached hydrogen (secondary N) is 3. The van der Waals surface area contributed by atoms with E-state index in [1.54, 1.807) is 45.0 Å². The van der Waals surface area contributed by atoms with Crippen molar-refractivity contribution in [3.05, 3.63) is 66.2 Å². The topological polar surface area (TPSA) is 131 Å². The Morgan fingerprint density at radius 3 is 2.24 bits per heavy atom. The summed E-state index contributed by atoms with van der Waals surface area (Å²) in [6.45, 7) is 8.73. The summed E-state index contributed by atoms with van der Waals surface area (Å²) in [5.74, 6) is -0.632. The number of sulfonamides is 2. The Hall–Kier alpha value is -2.73. The van der Waals surface area contributed by atoms with E-state index in [0.29, 0.717) is 11.3 Å². The van der Waals surface area contributed by atoms with Crippen LogP contribution in [0.5, 0.6) is 5.75 Å². The van der Waals surface area contributed by atoms with E-state index in [4.69, 9.17) is 4.74 Å². The van der Waals surface area contributed by atoms with Gasteiger partial charge in [0.15, 0.2) is 0 Å². The smallest absolute Gasteiger partial charge is 0.255 e. The van der Waals surface area contributed by atoms with Gasteiger partial charge in [-0.15, -0.1) is 6.58 Å². The van der Waals surface area contributed by atoms with E-state index < -0.39 is 31.5 Å². The third kappa shape index (κ3) is 7.97. The quantitative estimate of drug-likeness (QED) is 0.434. The molecule has 0 atom stereocenters. The zero-order chi connectivity index (χ0) is 24.9. The zero-order valence-corrected chi connectivity index (χ0v) is 20.6. The van der Waals surface area contributed by atoms with Gasteiger partial charge in [0.25, 0.3) is 5.91 Å². The molecule has 0 radical (unpaired) electrons. The predicted octanol–water partition coefficient (Wildman–Crippen LogP) is 2.63. The van der Waals surface area contributed by atoms with E-state index in [1.165, 1.54) is 31.4 Å². The Morgan fingerprint density at radius 2 is 1.70 bits per heavy atom. The van der Waals surface area contributed by atoms with Crippen LogP contribution in [0.25, 0.3) is 0 Å². The van der Waals surface area contributed by atoms with Crippen LogP contribution >= 0.6 is 0 Å². The molecule has 3 N–H and O–H groups in total. The Balaban J connectivity index is 2.21. The van der Waals surface area contributed by atoms with Gasteiger partial charge >= 0.3 is 0 Å². The first-order valence-electron chi connectivity index (χ1n) is 9.97. The van der Waals surface area contributed by atoms with E-state index in [0.717, 1.165) is 0 Å². The van der Waals surface area contributed by atoms with Crippen molar-refractivity contribution in [2.24, 2.45) is 0 Å². The highest BCUT2D eigenvalue weighted by Gasteiger charge is 2.26. The van der Waals surface area contributed by atoms with E-state index in [9.17, 15) is 21.6 Å². The molecule has 0 unspecified atom stereocenters. The number of hydrogen-bond acceptors (Lipinski definition) is 6. The van der Waals surface area contributed by atoms with Crippen LogP contribution in [0.2, 0.25) is 0 Å². The van der Waals surface area contributed by atoms with Gasteiger partial charge < -0.3 is 10.1 Å². The minimum Gasteiger partial charge on any atom is -0.495 e. The van der Waals surface area contributed by atoms with Gasteiger partial charge in [0.2, 0.25) is 20.0 Å². The lowest BCUT2D eigenvalue weighted by molar-refractivity contribution is 0.102. The molecule has 0 saturated carbocycles. The summed E-state index contributed by atoms with van der Waals surface area (Å²) in [4.78, 5) is 12.6. The highest BCUT2D eigenvalue weighted by atomic mass is 32.2. The van der Waals surface area contributed by atoms with Crippen molar-refractivity contribution in [2.75, 3.05) is 19.0 Å². The summed E-state index contributed by atoms with van der Waals surface area (Å²) >= 11 is 0. The van der Waals surface area contributed by atoms with Crippen LogP contribution in [-0.4, -0.2) is 41.9 Å². The molecule has 1 amide bonds. The normalized spacial score (nSPS) is 12.2. The first kappa shape index (κ1) is 26.5. The van der Waals surface area contributed by atoms with Crippen LogP contribution in [0.15, 0.2) is 60.0 Å². The Labute approximate surface area is 195 Å². The number of ether oxygens (including phenoxy) is 1. The van der Waals surface area contributed by atoms with Gasteiger partial charge in [-0.25, -0.2) is 26.3 Å². The molecule has 11 heteroatoms. The molecule has 0 saturated heterocycles. The van der Waals surface area contributed by atoms with Crippen molar-refractivity contribution in [3.8, 4) is 5.75 Å². The molecule has 0 aliphatic heterocycles. The molecule has 0 fully saturated rings. The van der Waals surface area contributed by atoms with Crippen LogP contribution in [0, 0.1) is 0 Å². The summed E-state index contributed by atoms with van der Waals surface area (Å²) in [5, 5.41) is 2.67. The van der Waals surface area contributed by atoms with Crippen LogP contribution in [0.1, 0.15) is 36.7 Å². The Kier molecular flexibility index (Phi) is 8.41. The number of carbonyl (C=O) groups excluding carboxylic acids is 1. The second-order valence-electron chi connectivity index (χ2n) is 8.27. The van der Waals surface area contributed by atoms with Crippen LogP contribution in [0.4, 0.5) is 5.69 Å². The molecule has 0 heterocycles. The molecule has 0 aromatic heterocycles. The van der Waals surface area contributed by atoms with E-state index in [2.05, 4.69) is 21.3 Å². The average Bonchev–Trinajstić information content (AvgIpc) is 2.71. The molecule has 9 nitrogen and oxygen atoms in total. The first-order valence-corrected chi connectivity index (χ1v) is 13.1. The molecule has 0 bridgehead atoms. The van der Waals surface area contributed by atoms with Crippen molar-refractivity contribution in [1.29, 1.82) is 0 Å². The monoisotopic (exact) mass is 495 g/mol. The molecule has 2 aromatic carbocycles. The largest absolute Gasteiger partial charge is 0.495 e. The number of amides is 1. The number of methoxy groups -OCH3 is 1. The molecule has 0 spiro atoms. The summed E-state index contributed by atoms with van der Waals surface area (Å²) in [6.07, 6.45) is 1.45. The zero-order valence-electron chi connectivity index (χ0n) is 19.0. The molecule has 33 heavy (non-hydrogen) atoms. The average molecular weight is 496 g/mol. The summed E-state index contributed by atoms with van der Waals surface area (Å²) in [5.41, 5.74) is 0.354. The minimum atomic E-state index is -3.94. The third-order valence-electron chi connectivity index (χ3n) is 4.17. The lowest BCUT2D eigenvalue weighted by Crippen LogP contribution is -2.40. The summed E-state index contributed by atoms with van der Waals surface area (Å²) in [6, 6.07) is 10.4. The SMILES string of the molecule is C=CCNS(=O)(=O)Cc1ccc(NC(=O)c2ccc(OC)c(S(=O)(=O)NC(C)(C)C)c2)cc1. The lowest BCUT2D eigenvalue weighted by atomic mass is 10.1. The number of hydrogen-bond donors (Lipinski definition) is 3. The van der Waals surface area contributed by atoms with E-state index in [-0.39, 0.29) is 28.5 Å². The maximum absolute atomic E-state index is 12.8. The second-order valence-corrected chi connectivity index (χ2v) is 11.7. The van der Waals surface area contributed by atoms with Gasteiger partial charge in [-0.1, -0.05) is 18.2 Å². The predicted molar refractivity (Wildman–Crippen MR) is 128 cm³/mol. The maximum Gasteiger partial charge on any atom is 0.255 e. The second kappa shape index (κ2) is 10.5. The maximum atomic E-state index is 12.8. The van der Waals surface area contributed by atoms with Crippen LogP contribution in [0.3, 0.4) is 0 Å². The van der Waals surface area contributed by atoms with E-state index in [1.807, 2.05) is 0 Å². The molecule has 2 aromatic rings. The first-order chi connectivity index (χ1) is 15.3. The molecule has 0 aliphatic carbocycles. The Bertz CT molecular complexity index is 1220. The summed E-state index contributed by atoms with van der Waals surface area (Å²) < 4.78 is 59.6. The number of benzene rings is 2. The van der Waals surface area contributed by atoms with Gasteiger partial charge in [0.1, 0.15) is 10.6 Å². The minimum absolute atomic E-state index is 0.110. The highest BCUT2D eigenvalue weighted by Crippen LogP contribution is 2.26. The summed E-state index contributed by atoms with van der Waals surface area (Å²) in [7, 11) is -6.09. The van der Waals surface area contributed by atoms with Gasteiger partial charge in [-0.3, -0.25) is 4.79 Å². The van der Waals surface area contributed by atoms with Crippen molar-refractivity contribution in [3.63, 3.8) is 0 Å². The third-order valence-corrected chi connectivity index (χ3v) is 7.27.